The maximum absolute atomic E-state index is 5.89. The number of halogens is 3. The van der Waals surface area contributed by atoms with Crippen molar-refractivity contribution in [2.45, 2.75) is 5.52 Å². The molecule has 0 saturated carbocycles. The van der Waals surface area contributed by atoms with Crippen LogP contribution in [0, 0.1) is 0 Å². The third kappa shape index (κ3) is 7.77. The molecule has 0 bridgehead atoms. The van der Waals surface area contributed by atoms with E-state index in [0.29, 0.717) is 0 Å². The molecule has 0 heterocycles. The molecule has 4 aromatic carbocycles. The zero-order valence-corrected chi connectivity index (χ0v) is 28.0. The SMILES string of the molecule is COc1ccccc1P(c1ccccc1OC)C([NH][Cr])P(c1ccccc1OC)c1ccccc1OC.Cl.Cl.Cl. The minimum absolute atomic E-state index is 0. The van der Waals surface area contributed by atoms with E-state index in [0.717, 1.165) is 44.2 Å². The van der Waals surface area contributed by atoms with Crippen molar-refractivity contribution in [3.63, 3.8) is 0 Å². The quantitative estimate of drug-likeness (QED) is 0.201. The monoisotopic (exact) mass is 678 g/mol. The first-order valence-electron chi connectivity index (χ1n) is 11.7. The van der Waals surface area contributed by atoms with Crippen molar-refractivity contribution in [2.24, 2.45) is 0 Å². The zero-order chi connectivity index (χ0) is 26.2. The van der Waals surface area contributed by atoms with Gasteiger partial charge in [-0.1, -0.05) is 0 Å². The molecular formula is C29H33Cl3CrNO4P2. The fraction of sp³-hybridized carbons (Fsp3) is 0.172. The summed E-state index contributed by atoms with van der Waals surface area (Å²) < 4.78 is 27.2. The van der Waals surface area contributed by atoms with Crippen LogP contribution in [0.4, 0.5) is 0 Å². The van der Waals surface area contributed by atoms with E-state index in [1.807, 2.05) is 48.5 Å². The molecule has 4 rings (SSSR count). The van der Waals surface area contributed by atoms with Gasteiger partial charge in [0.25, 0.3) is 0 Å². The van der Waals surface area contributed by atoms with Gasteiger partial charge in [-0.3, -0.25) is 0 Å². The topological polar surface area (TPSA) is 49.0 Å². The van der Waals surface area contributed by atoms with Gasteiger partial charge in [-0.15, -0.1) is 37.2 Å². The molecule has 215 valence electrons. The van der Waals surface area contributed by atoms with E-state index in [-0.39, 0.29) is 42.7 Å². The maximum Gasteiger partial charge on any atom is -0.147 e. The summed E-state index contributed by atoms with van der Waals surface area (Å²) in [6.07, 6.45) is 0. The van der Waals surface area contributed by atoms with Crippen LogP contribution < -0.4 is 44.5 Å². The Hall–Kier alpha value is -1.70. The summed E-state index contributed by atoms with van der Waals surface area (Å²) in [5.41, 5.74) is -0.0646. The van der Waals surface area contributed by atoms with Gasteiger partial charge in [-0.2, -0.15) is 0 Å². The van der Waals surface area contributed by atoms with Crippen molar-refractivity contribution >= 4 is 74.3 Å². The Morgan fingerprint density at radius 2 is 0.700 bits per heavy atom. The molecule has 0 aromatic heterocycles. The van der Waals surface area contributed by atoms with E-state index >= 15 is 0 Å². The fourth-order valence-electron chi connectivity index (χ4n) is 4.32. The van der Waals surface area contributed by atoms with Gasteiger partial charge in [-0.05, 0) is 0 Å². The summed E-state index contributed by atoms with van der Waals surface area (Å²) in [6.45, 7) is 0. The Balaban J connectivity index is 0.00000267. The second kappa shape index (κ2) is 18.0. The molecule has 5 nitrogen and oxygen atoms in total. The largest absolute Gasteiger partial charge is 0.147 e. The second-order valence-corrected chi connectivity index (χ2v) is 13.1. The summed E-state index contributed by atoms with van der Waals surface area (Å²) in [6, 6.07) is 32.9. The van der Waals surface area contributed by atoms with Gasteiger partial charge in [-0.25, -0.2) is 0 Å². The number of rotatable bonds is 11. The van der Waals surface area contributed by atoms with Gasteiger partial charge in [0, 0.05) is 0 Å². The summed E-state index contributed by atoms with van der Waals surface area (Å²) in [4.78, 5) is 0. The number of hydrogen-bond donors (Lipinski definition) is 1. The van der Waals surface area contributed by atoms with E-state index in [9.17, 15) is 0 Å². The van der Waals surface area contributed by atoms with Gasteiger partial charge in [0.15, 0.2) is 0 Å². The number of benzene rings is 4. The van der Waals surface area contributed by atoms with Crippen LogP contribution in [0.1, 0.15) is 0 Å². The zero-order valence-electron chi connectivity index (χ0n) is 22.5. The number of methoxy groups -OCH3 is 4. The van der Waals surface area contributed by atoms with E-state index in [2.05, 4.69) is 69.3 Å². The summed E-state index contributed by atoms with van der Waals surface area (Å²) in [7, 11) is 4.75. The molecule has 0 aliphatic heterocycles. The molecule has 0 amide bonds. The Labute approximate surface area is 266 Å². The van der Waals surface area contributed by atoms with Crippen LogP contribution in [0.3, 0.4) is 0 Å². The molecule has 0 unspecified atom stereocenters. The van der Waals surface area contributed by atoms with Gasteiger partial charge in [0.2, 0.25) is 0 Å². The van der Waals surface area contributed by atoms with Crippen molar-refractivity contribution in [1.29, 1.82) is 0 Å². The summed E-state index contributed by atoms with van der Waals surface area (Å²) in [5, 5.41) is 4.48. The number of hydrogen-bond acceptors (Lipinski definition) is 5. The van der Waals surface area contributed by atoms with Crippen LogP contribution in [-0.4, -0.2) is 34.0 Å². The minimum atomic E-state index is -1.06. The molecule has 0 radical (unpaired) electrons. The number of nitrogens with one attached hydrogen (secondary N) is 1. The maximum atomic E-state index is 5.89. The standard InChI is InChI=1S/C29H30NO4P2.3ClH.Cr/c1-31-21-13-5-9-17-25(21)35(26-18-10-6-14-22(26)32-2)29(30)36(27-19-11-7-15-23(27)33-3)28-20-12-8-16-24(28)34-4;;;;/h5-20,29-30H,1-4H3;3*1H;/q-1;;;;+1. The van der Waals surface area contributed by atoms with Crippen molar-refractivity contribution in [2.75, 3.05) is 28.4 Å². The first kappa shape index (κ1) is 36.3. The minimum Gasteiger partial charge on any atom is -0.147 e. The molecule has 0 aliphatic rings. The molecule has 11 heteroatoms. The molecule has 0 saturated heterocycles. The normalized spacial score (nSPS) is 10.3. The number of para-hydroxylation sites is 4. The fourth-order valence-corrected chi connectivity index (χ4v) is 12.1. The second-order valence-electron chi connectivity index (χ2n) is 7.92. The van der Waals surface area contributed by atoms with Gasteiger partial charge >= 0.3 is 231 Å². The first-order valence-corrected chi connectivity index (χ1v) is 15.1. The van der Waals surface area contributed by atoms with Crippen LogP contribution in [0.2, 0.25) is 0 Å². The Kier molecular flexibility index (Phi) is 16.3. The third-order valence-corrected chi connectivity index (χ3v) is 13.1. The predicted molar refractivity (Wildman–Crippen MR) is 173 cm³/mol. The van der Waals surface area contributed by atoms with Crippen LogP contribution in [0.25, 0.3) is 0 Å². The van der Waals surface area contributed by atoms with Crippen LogP contribution in [0.5, 0.6) is 23.0 Å². The average molecular weight is 680 g/mol. The van der Waals surface area contributed by atoms with Crippen LogP contribution in [-0.2, 0) is 16.5 Å². The average Bonchev–Trinajstić information content (AvgIpc) is 2.97. The van der Waals surface area contributed by atoms with E-state index in [1.165, 1.54) is 0 Å². The van der Waals surface area contributed by atoms with Crippen molar-refractivity contribution in [3.8, 4) is 23.0 Å². The van der Waals surface area contributed by atoms with E-state index < -0.39 is 15.8 Å². The Morgan fingerprint density at radius 1 is 0.475 bits per heavy atom. The van der Waals surface area contributed by atoms with Crippen molar-refractivity contribution in [3.05, 3.63) is 97.1 Å². The van der Waals surface area contributed by atoms with E-state index in [1.54, 1.807) is 28.4 Å². The van der Waals surface area contributed by atoms with Gasteiger partial charge < -0.3 is 0 Å². The van der Waals surface area contributed by atoms with Crippen LogP contribution >= 0.6 is 53.1 Å². The molecule has 0 fully saturated rings. The number of ether oxygens (including phenoxy) is 4. The van der Waals surface area contributed by atoms with E-state index in [4.69, 9.17) is 18.9 Å². The predicted octanol–water partition coefficient (Wildman–Crippen LogP) is 5.89. The molecule has 1 N–H and O–H groups in total. The third-order valence-electron chi connectivity index (χ3n) is 5.97. The smallest absolute Gasteiger partial charge is 0.147 e. The molecular weight excluding hydrogens is 647 g/mol. The van der Waals surface area contributed by atoms with Gasteiger partial charge in [0.1, 0.15) is 0 Å². The van der Waals surface area contributed by atoms with Crippen LogP contribution in [0.15, 0.2) is 97.1 Å². The summed E-state index contributed by atoms with van der Waals surface area (Å²) >= 11 is 3.15. The molecule has 40 heavy (non-hydrogen) atoms. The van der Waals surface area contributed by atoms with Gasteiger partial charge in [0.05, 0.1) is 0 Å². The summed E-state index contributed by atoms with van der Waals surface area (Å²) in [5.74, 6) is 3.37. The Morgan fingerprint density at radius 3 is 0.900 bits per heavy atom. The molecule has 0 aliphatic carbocycles. The molecule has 0 spiro atoms. The Bertz CT molecular complexity index is 1140. The first-order chi connectivity index (χ1) is 18.2. The molecule has 4 aromatic rings. The van der Waals surface area contributed by atoms with Crippen molar-refractivity contribution < 1.29 is 35.5 Å². The van der Waals surface area contributed by atoms with Crippen molar-refractivity contribution in [1.82, 2.24) is 4.30 Å². The molecule has 0 atom stereocenters.